The molecular weight excluding hydrogens is 200 g/mol. The molecule has 0 aromatic carbocycles. The number of nitrogens with one attached hydrogen (secondary N) is 1. The number of rotatable bonds is 7. The summed E-state index contributed by atoms with van der Waals surface area (Å²) < 4.78 is 10.1. The lowest BCUT2D eigenvalue weighted by Crippen LogP contribution is -2.11. The highest BCUT2D eigenvalue weighted by molar-refractivity contribution is 7.13. The summed E-state index contributed by atoms with van der Waals surface area (Å²) in [6.45, 7) is 4.75. The molecule has 0 spiro atoms. The molecule has 1 heterocycles. The van der Waals surface area contributed by atoms with Crippen LogP contribution in [0, 0.1) is 6.92 Å². The third-order valence-corrected chi connectivity index (χ3v) is 2.49. The summed E-state index contributed by atoms with van der Waals surface area (Å²) in [6, 6.07) is 0. The van der Waals surface area contributed by atoms with E-state index in [0.717, 1.165) is 17.4 Å². The van der Waals surface area contributed by atoms with E-state index in [2.05, 4.69) is 10.3 Å². The minimum atomic E-state index is 0.648. The summed E-state index contributed by atoms with van der Waals surface area (Å²) in [7, 11) is 1.67. The quantitative estimate of drug-likeness (QED) is 0.702. The molecule has 0 bridgehead atoms. The molecule has 0 aliphatic heterocycles. The molecule has 0 unspecified atom stereocenters. The molecule has 0 radical (unpaired) electrons. The molecule has 1 aromatic rings. The van der Waals surface area contributed by atoms with Crippen LogP contribution in [-0.4, -0.2) is 38.5 Å². The number of thiazole rings is 1. The Labute approximate surface area is 88.3 Å². The van der Waals surface area contributed by atoms with Crippen molar-refractivity contribution in [3.05, 3.63) is 11.1 Å². The Morgan fingerprint density at radius 3 is 2.93 bits per heavy atom. The number of aryl methyl sites for hydroxylation is 1. The predicted molar refractivity (Wildman–Crippen MR) is 58.0 cm³/mol. The van der Waals surface area contributed by atoms with Gasteiger partial charge in [-0.2, -0.15) is 0 Å². The fourth-order valence-corrected chi connectivity index (χ4v) is 1.63. The van der Waals surface area contributed by atoms with E-state index >= 15 is 0 Å². The van der Waals surface area contributed by atoms with E-state index in [1.807, 2.05) is 12.3 Å². The van der Waals surface area contributed by atoms with E-state index in [1.54, 1.807) is 18.4 Å². The van der Waals surface area contributed by atoms with E-state index in [4.69, 9.17) is 9.47 Å². The normalized spacial score (nSPS) is 10.4. The summed E-state index contributed by atoms with van der Waals surface area (Å²) >= 11 is 1.62. The monoisotopic (exact) mass is 216 g/mol. The van der Waals surface area contributed by atoms with Crippen LogP contribution in [0.3, 0.4) is 0 Å². The van der Waals surface area contributed by atoms with Crippen molar-refractivity contribution >= 4 is 16.5 Å². The number of nitrogens with zero attached hydrogens (tertiary/aromatic N) is 1. The first-order chi connectivity index (χ1) is 6.83. The van der Waals surface area contributed by atoms with Crippen molar-refractivity contribution in [2.24, 2.45) is 0 Å². The highest BCUT2D eigenvalue weighted by Gasteiger charge is 1.96. The maximum Gasteiger partial charge on any atom is 0.182 e. The average molecular weight is 216 g/mol. The topological polar surface area (TPSA) is 43.4 Å². The minimum Gasteiger partial charge on any atom is -0.382 e. The molecule has 0 saturated heterocycles. The van der Waals surface area contributed by atoms with Crippen molar-refractivity contribution in [2.45, 2.75) is 6.92 Å². The Morgan fingerprint density at radius 2 is 2.29 bits per heavy atom. The SMILES string of the molecule is COCCOCCNc1nc(C)cs1. The summed E-state index contributed by atoms with van der Waals surface area (Å²) in [5, 5.41) is 6.16. The van der Waals surface area contributed by atoms with Crippen LogP contribution < -0.4 is 5.32 Å². The zero-order valence-corrected chi connectivity index (χ0v) is 9.39. The van der Waals surface area contributed by atoms with Gasteiger partial charge in [0.25, 0.3) is 0 Å². The molecule has 0 aliphatic carbocycles. The van der Waals surface area contributed by atoms with Crippen LogP contribution in [0.1, 0.15) is 5.69 Å². The van der Waals surface area contributed by atoms with Crippen molar-refractivity contribution in [3.63, 3.8) is 0 Å². The Kier molecular flexibility index (Phi) is 5.51. The fraction of sp³-hybridized carbons (Fsp3) is 0.667. The van der Waals surface area contributed by atoms with E-state index in [0.29, 0.717) is 19.8 Å². The second-order valence-corrected chi connectivity index (χ2v) is 3.68. The van der Waals surface area contributed by atoms with Crippen LogP contribution in [0.15, 0.2) is 5.38 Å². The molecular formula is C9H16N2O2S. The van der Waals surface area contributed by atoms with Crippen LogP contribution in [0.25, 0.3) is 0 Å². The van der Waals surface area contributed by atoms with E-state index in [-0.39, 0.29) is 0 Å². The van der Waals surface area contributed by atoms with Crippen molar-refractivity contribution in [3.8, 4) is 0 Å². The number of anilines is 1. The number of ether oxygens (including phenoxy) is 2. The molecule has 14 heavy (non-hydrogen) atoms. The smallest absolute Gasteiger partial charge is 0.182 e. The number of hydrogen-bond donors (Lipinski definition) is 1. The molecule has 0 saturated carbocycles. The fourth-order valence-electron chi connectivity index (χ4n) is 0.910. The lowest BCUT2D eigenvalue weighted by Gasteiger charge is -2.03. The van der Waals surface area contributed by atoms with Crippen molar-refractivity contribution in [2.75, 3.05) is 38.8 Å². The second kappa shape index (κ2) is 6.75. The van der Waals surface area contributed by atoms with Gasteiger partial charge in [0.2, 0.25) is 0 Å². The van der Waals surface area contributed by atoms with E-state index in [1.165, 1.54) is 0 Å². The molecule has 0 amide bonds. The lowest BCUT2D eigenvalue weighted by molar-refractivity contribution is 0.0759. The molecule has 0 aliphatic rings. The molecule has 1 N–H and O–H groups in total. The molecule has 80 valence electrons. The first-order valence-corrected chi connectivity index (χ1v) is 5.43. The summed E-state index contributed by atoms with van der Waals surface area (Å²) in [5.74, 6) is 0. The van der Waals surface area contributed by atoms with Gasteiger partial charge >= 0.3 is 0 Å². The third-order valence-electron chi connectivity index (χ3n) is 1.57. The maximum absolute atomic E-state index is 5.29. The standard InChI is InChI=1S/C9H16N2O2S/c1-8-7-14-9(11-8)10-3-4-13-6-5-12-2/h7H,3-6H2,1-2H3,(H,10,11). The third kappa shape index (κ3) is 4.55. The van der Waals surface area contributed by atoms with Gasteiger partial charge in [0.15, 0.2) is 5.13 Å². The van der Waals surface area contributed by atoms with Gasteiger partial charge in [-0.25, -0.2) is 4.98 Å². The van der Waals surface area contributed by atoms with Gasteiger partial charge in [-0.15, -0.1) is 11.3 Å². The number of aromatic nitrogens is 1. The largest absolute Gasteiger partial charge is 0.382 e. The van der Waals surface area contributed by atoms with Gasteiger partial charge in [0, 0.05) is 19.0 Å². The van der Waals surface area contributed by atoms with Crippen molar-refractivity contribution in [1.82, 2.24) is 4.98 Å². The second-order valence-electron chi connectivity index (χ2n) is 2.83. The van der Waals surface area contributed by atoms with Crippen LogP contribution in [0.2, 0.25) is 0 Å². The van der Waals surface area contributed by atoms with Crippen LogP contribution in [0.5, 0.6) is 0 Å². The van der Waals surface area contributed by atoms with Gasteiger partial charge in [-0.3, -0.25) is 0 Å². The minimum absolute atomic E-state index is 0.648. The van der Waals surface area contributed by atoms with Gasteiger partial charge in [-0.1, -0.05) is 0 Å². The van der Waals surface area contributed by atoms with Crippen LogP contribution in [0.4, 0.5) is 5.13 Å². The van der Waals surface area contributed by atoms with E-state index in [9.17, 15) is 0 Å². The molecule has 1 aromatic heterocycles. The Hall–Kier alpha value is -0.650. The first-order valence-electron chi connectivity index (χ1n) is 4.55. The highest BCUT2D eigenvalue weighted by atomic mass is 32.1. The lowest BCUT2D eigenvalue weighted by atomic mass is 10.6. The first kappa shape index (κ1) is 11.4. The summed E-state index contributed by atoms with van der Waals surface area (Å²) in [6.07, 6.45) is 0. The van der Waals surface area contributed by atoms with Crippen LogP contribution in [-0.2, 0) is 9.47 Å². The zero-order chi connectivity index (χ0) is 10.2. The Morgan fingerprint density at radius 1 is 1.43 bits per heavy atom. The Bertz CT molecular complexity index is 253. The van der Waals surface area contributed by atoms with Gasteiger partial charge < -0.3 is 14.8 Å². The molecule has 0 fully saturated rings. The predicted octanol–water partition coefficient (Wildman–Crippen LogP) is 1.53. The molecule has 4 nitrogen and oxygen atoms in total. The maximum atomic E-state index is 5.29. The van der Waals surface area contributed by atoms with Crippen molar-refractivity contribution < 1.29 is 9.47 Å². The molecule has 0 atom stereocenters. The molecule has 5 heteroatoms. The zero-order valence-electron chi connectivity index (χ0n) is 8.58. The van der Waals surface area contributed by atoms with Gasteiger partial charge in [0.1, 0.15) is 0 Å². The number of methoxy groups -OCH3 is 1. The number of hydrogen-bond acceptors (Lipinski definition) is 5. The van der Waals surface area contributed by atoms with Gasteiger partial charge in [0.05, 0.1) is 25.5 Å². The average Bonchev–Trinajstić information content (AvgIpc) is 2.58. The summed E-state index contributed by atoms with van der Waals surface area (Å²) in [5.41, 5.74) is 1.05. The summed E-state index contributed by atoms with van der Waals surface area (Å²) in [4.78, 5) is 4.27. The highest BCUT2D eigenvalue weighted by Crippen LogP contribution is 2.13. The van der Waals surface area contributed by atoms with Gasteiger partial charge in [-0.05, 0) is 6.92 Å². The van der Waals surface area contributed by atoms with Crippen molar-refractivity contribution in [1.29, 1.82) is 0 Å². The molecule has 1 rings (SSSR count). The van der Waals surface area contributed by atoms with Crippen LogP contribution >= 0.6 is 11.3 Å². The Balaban J connectivity index is 1.99. The van der Waals surface area contributed by atoms with E-state index < -0.39 is 0 Å².